The van der Waals surface area contributed by atoms with Crippen LogP contribution in [0, 0.1) is 0 Å². The molecule has 1 aromatic rings. The fourth-order valence-corrected chi connectivity index (χ4v) is 2.75. The number of ether oxygens (including phenoxy) is 1. The van der Waals surface area contributed by atoms with Crippen LogP contribution in [0.15, 0.2) is 16.8 Å². The summed E-state index contributed by atoms with van der Waals surface area (Å²) in [6.45, 7) is 3.06. The summed E-state index contributed by atoms with van der Waals surface area (Å²) in [5, 5.41) is 4.28. The highest BCUT2D eigenvalue weighted by Crippen LogP contribution is 2.31. The van der Waals surface area contributed by atoms with E-state index in [4.69, 9.17) is 4.74 Å². The van der Waals surface area contributed by atoms with Crippen molar-refractivity contribution in [2.24, 2.45) is 0 Å². The maximum Gasteiger partial charge on any atom is 0.307 e. The highest BCUT2D eigenvalue weighted by atomic mass is 32.1. The first-order chi connectivity index (χ1) is 8.20. The third-order valence-corrected chi connectivity index (χ3v) is 3.95. The van der Waals surface area contributed by atoms with Gasteiger partial charge in [-0.2, -0.15) is 11.3 Å². The normalized spacial score (nSPS) is 17.1. The van der Waals surface area contributed by atoms with Crippen LogP contribution in [0.5, 0.6) is 0 Å². The molecule has 0 aliphatic heterocycles. The first kappa shape index (κ1) is 12.6. The average molecular weight is 253 g/mol. The Morgan fingerprint density at radius 2 is 2.41 bits per heavy atom. The highest BCUT2D eigenvalue weighted by Gasteiger charge is 2.33. The first-order valence-electron chi connectivity index (χ1n) is 6.04. The van der Waals surface area contributed by atoms with E-state index in [-0.39, 0.29) is 12.0 Å². The van der Waals surface area contributed by atoms with E-state index in [0.29, 0.717) is 12.5 Å². The molecule has 1 heterocycles. The van der Waals surface area contributed by atoms with E-state index in [1.54, 1.807) is 11.3 Å². The van der Waals surface area contributed by atoms with Crippen molar-refractivity contribution in [1.29, 1.82) is 0 Å². The third-order valence-electron chi connectivity index (χ3n) is 3.22. The predicted molar refractivity (Wildman–Crippen MR) is 69.0 cm³/mol. The third kappa shape index (κ3) is 3.54. The summed E-state index contributed by atoms with van der Waals surface area (Å²) >= 11 is 1.73. The fraction of sp³-hybridized carbons (Fsp3) is 0.615. The van der Waals surface area contributed by atoms with Gasteiger partial charge in [-0.3, -0.25) is 9.69 Å². The molecule has 1 unspecified atom stereocenters. The van der Waals surface area contributed by atoms with Gasteiger partial charge in [-0.1, -0.05) is 0 Å². The van der Waals surface area contributed by atoms with E-state index in [9.17, 15) is 4.79 Å². The summed E-state index contributed by atoms with van der Waals surface area (Å²) < 4.78 is 4.74. The van der Waals surface area contributed by atoms with Crippen LogP contribution in [-0.4, -0.2) is 30.1 Å². The van der Waals surface area contributed by atoms with Crippen LogP contribution in [0.25, 0.3) is 0 Å². The van der Waals surface area contributed by atoms with Gasteiger partial charge in [0.2, 0.25) is 0 Å². The summed E-state index contributed by atoms with van der Waals surface area (Å²) in [5.74, 6) is -0.117. The number of rotatable bonds is 6. The second-order valence-corrected chi connectivity index (χ2v) is 5.44. The molecule has 94 valence electrons. The quantitative estimate of drug-likeness (QED) is 0.730. The Morgan fingerprint density at radius 3 is 2.94 bits per heavy atom. The lowest BCUT2D eigenvalue weighted by molar-refractivity contribution is -0.142. The maximum absolute atomic E-state index is 11.3. The molecule has 1 fully saturated rings. The average Bonchev–Trinajstić information content (AvgIpc) is 3.03. The summed E-state index contributed by atoms with van der Waals surface area (Å²) in [4.78, 5) is 13.8. The van der Waals surface area contributed by atoms with Gasteiger partial charge < -0.3 is 4.74 Å². The number of nitrogens with zero attached hydrogens (tertiary/aromatic N) is 1. The zero-order valence-electron chi connectivity index (χ0n) is 10.4. The minimum Gasteiger partial charge on any atom is -0.469 e. The molecule has 0 radical (unpaired) electrons. The second-order valence-electron chi connectivity index (χ2n) is 4.66. The van der Waals surface area contributed by atoms with Crippen LogP contribution in [0.4, 0.5) is 0 Å². The van der Waals surface area contributed by atoms with Gasteiger partial charge in [-0.15, -0.1) is 0 Å². The summed E-state index contributed by atoms with van der Waals surface area (Å²) in [6.07, 6.45) is 3.00. The smallest absolute Gasteiger partial charge is 0.307 e. The van der Waals surface area contributed by atoms with Gasteiger partial charge in [0.25, 0.3) is 0 Å². The molecule has 1 aromatic heterocycles. The Bertz CT molecular complexity index is 360. The maximum atomic E-state index is 11.3. The molecule has 2 rings (SSSR count). The molecule has 0 spiro atoms. The number of hydrogen-bond donors (Lipinski definition) is 0. The monoisotopic (exact) mass is 253 g/mol. The van der Waals surface area contributed by atoms with Crippen molar-refractivity contribution in [2.75, 3.05) is 7.11 Å². The summed E-state index contributed by atoms with van der Waals surface area (Å²) in [7, 11) is 1.45. The first-order valence-corrected chi connectivity index (χ1v) is 6.98. The topological polar surface area (TPSA) is 29.5 Å². The van der Waals surface area contributed by atoms with E-state index in [2.05, 4.69) is 28.7 Å². The number of carbonyl (C=O) groups excluding carboxylic acids is 1. The van der Waals surface area contributed by atoms with Gasteiger partial charge >= 0.3 is 5.97 Å². The molecule has 3 nitrogen and oxygen atoms in total. The standard InChI is InChI=1S/C13H19NO2S/c1-10(7-13(15)16-2)14(12-3-4-12)8-11-5-6-17-9-11/h5-6,9-10,12H,3-4,7-8H2,1-2H3. The molecule has 0 aromatic carbocycles. The van der Waals surface area contributed by atoms with Crippen molar-refractivity contribution in [2.45, 2.75) is 44.8 Å². The van der Waals surface area contributed by atoms with Crippen molar-refractivity contribution in [3.63, 3.8) is 0 Å². The number of methoxy groups -OCH3 is 1. The minimum atomic E-state index is -0.117. The molecule has 0 bridgehead atoms. The lowest BCUT2D eigenvalue weighted by Crippen LogP contribution is -2.36. The largest absolute Gasteiger partial charge is 0.469 e. The zero-order chi connectivity index (χ0) is 12.3. The number of carbonyl (C=O) groups is 1. The van der Waals surface area contributed by atoms with Crippen molar-refractivity contribution in [3.8, 4) is 0 Å². The van der Waals surface area contributed by atoms with Crippen LogP contribution in [0.1, 0.15) is 31.7 Å². The minimum absolute atomic E-state index is 0.117. The summed E-state index contributed by atoms with van der Waals surface area (Å²) in [6, 6.07) is 3.08. The number of hydrogen-bond acceptors (Lipinski definition) is 4. The van der Waals surface area contributed by atoms with Gasteiger partial charge in [0, 0.05) is 18.6 Å². The van der Waals surface area contributed by atoms with E-state index in [1.807, 2.05) is 0 Å². The van der Waals surface area contributed by atoms with Gasteiger partial charge in [0.05, 0.1) is 13.5 Å². The molecule has 1 aliphatic rings. The van der Waals surface area contributed by atoms with Crippen molar-refractivity contribution in [1.82, 2.24) is 4.90 Å². The Morgan fingerprint density at radius 1 is 1.65 bits per heavy atom. The lowest BCUT2D eigenvalue weighted by atomic mass is 10.1. The molecule has 1 atom stereocenters. The lowest BCUT2D eigenvalue weighted by Gasteiger charge is -2.28. The molecule has 4 heteroatoms. The van der Waals surface area contributed by atoms with Crippen LogP contribution in [0.3, 0.4) is 0 Å². The Kier molecular flexibility index (Phi) is 4.18. The van der Waals surface area contributed by atoms with Gasteiger partial charge in [-0.05, 0) is 42.2 Å². The van der Waals surface area contributed by atoms with E-state index in [1.165, 1.54) is 25.5 Å². The molecule has 1 aliphatic carbocycles. The Hall–Kier alpha value is -0.870. The molecule has 0 saturated heterocycles. The molecule has 1 saturated carbocycles. The van der Waals surface area contributed by atoms with Crippen LogP contribution in [0.2, 0.25) is 0 Å². The van der Waals surface area contributed by atoms with E-state index >= 15 is 0 Å². The Balaban J connectivity index is 1.94. The zero-order valence-corrected chi connectivity index (χ0v) is 11.2. The van der Waals surface area contributed by atoms with Crippen LogP contribution >= 0.6 is 11.3 Å². The Labute approximate surface area is 106 Å². The van der Waals surface area contributed by atoms with Crippen LogP contribution < -0.4 is 0 Å². The van der Waals surface area contributed by atoms with Crippen molar-refractivity contribution >= 4 is 17.3 Å². The molecular formula is C13H19NO2S. The second kappa shape index (κ2) is 5.65. The molecule has 0 amide bonds. The molecule has 0 N–H and O–H groups in total. The molecule has 17 heavy (non-hydrogen) atoms. The number of esters is 1. The predicted octanol–water partition coefficient (Wildman–Crippen LogP) is 2.66. The fourth-order valence-electron chi connectivity index (χ4n) is 2.09. The SMILES string of the molecule is COC(=O)CC(C)N(Cc1ccsc1)C1CC1. The highest BCUT2D eigenvalue weighted by molar-refractivity contribution is 7.07. The summed E-state index contributed by atoms with van der Waals surface area (Å²) in [5.41, 5.74) is 1.35. The van der Waals surface area contributed by atoms with Gasteiger partial charge in [0.1, 0.15) is 0 Å². The van der Waals surface area contributed by atoms with Gasteiger partial charge in [0.15, 0.2) is 0 Å². The number of thiophene rings is 1. The van der Waals surface area contributed by atoms with Crippen molar-refractivity contribution in [3.05, 3.63) is 22.4 Å². The van der Waals surface area contributed by atoms with Crippen LogP contribution in [-0.2, 0) is 16.1 Å². The van der Waals surface area contributed by atoms with Gasteiger partial charge in [-0.25, -0.2) is 0 Å². The molecular weight excluding hydrogens is 234 g/mol. The van der Waals surface area contributed by atoms with Crippen molar-refractivity contribution < 1.29 is 9.53 Å². The van der Waals surface area contributed by atoms with E-state index in [0.717, 1.165) is 6.54 Å². The van der Waals surface area contributed by atoms with E-state index < -0.39 is 0 Å².